The van der Waals surface area contributed by atoms with E-state index < -0.39 is 0 Å². The highest BCUT2D eigenvalue weighted by Crippen LogP contribution is 2.14. The van der Waals surface area contributed by atoms with E-state index in [1.165, 1.54) is 63.5 Å². The van der Waals surface area contributed by atoms with Crippen LogP contribution in [-0.2, 0) is 0 Å². The number of guanidine groups is 1. The number of rotatable bonds is 1. The first kappa shape index (κ1) is 14.0. The second kappa shape index (κ2) is 9.02. The maximum atomic E-state index is 5.36. The summed E-state index contributed by atoms with van der Waals surface area (Å²) in [5, 5.41) is 6.98. The van der Waals surface area contributed by atoms with Crippen LogP contribution in [0.1, 0.15) is 70.6 Å². The number of nitrogens with two attached hydrogens (primary N) is 2. The van der Waals surface area contributed by atoms with Crippen LogP contribution in [0, 0.1) is 0 Å². The van der Waals surface area contributed by atoms with E-state index in [-0.39, 0.29) is 5.96 Å². The van der Waals surface area contributed by atoms with Crippen LogP contribution in [0.5, 0.6) is 0 Å². The maximum Gasteiger partial charge on any atom is 0.362 e. The molecule has 1 saturated carbocycles. The number of hydrogen-bond acceptors (Lipinski definition) is 1. The molecule has 1 aliphatic rings. The zero-order valence-corrected chi connectivity index (χ0v) is 10.9. The van der Waals surface area contributed by atoms with Gasteiger partial charge in [0.1, 0.15) is 0 Å². The molecule has 0 aromatic rings. The van der Waals surface area contributed by atoms with Gasteiger partial charge in [-0.05, 0) is 25.7 Å². The number of nitrogens with one attached hydrogen (secondary N) is 1. The van der Waals surface area contributed by atoms with Crippen molar-refractivity contribution in [3.63, 3.8) is 0 Å². The highest BCUT2D eigenvalue weighted by atomic mass is 15.3. The molecule has 1 fully saturated rings. The Bertz CT molecular complexity index is 240. The summed E-state index contributed by atoms with van der Waals surface area (Å²) in [6.07, 6.45) is 14.2. The summed E-state index contributed by atoms with van der Waals surface area (Å²) in [5.74, 6) is 0.184. The smallest absolute Gasteiger partial charge is 0.289 e. The van der Waals surface area contributed by atoms with Crippen molar-refractivity contribution in [2.24, 2.45) is 16.6 Å². The Kier molecular flexibility index (Phi) is 7.43. The summed E-state index contributed by atoms with van der Waals surface area (Å²) in [6.45, 7) is 0. The van der Waals surface area contributed by atoms with E-state index in [0.29, 0.717) is 0 Å². The minimum atomic E-state index is 0.184. The van der Waals surface area contributed by atoms with Gasteiger partial charge in [0.25, 0.3) is 0 Å². The summed E-state index contributed by atoms with van der Waals surface area (Å²) in [7, 11) is 0. The fraction of sp³-hybridized carbons (Fsp3) is 0.846. The average Bonchev–Trinajstić information content (AvgIpc) is 2.28. The molecule has 0 bridgehead atoms. The van der Waals surface area contributed by atoms with Crippen LogP contribution >= 0.6 is 0 Å². The van der Waals surface area contributed by atoms with Gasteiger partial charge in [-0.25, -0.2) is 0 Å². The molecule has 1 rings (SSSR count). The third kappa shape index (κ3) is 7.77. The molecule has 1 aliphatic carbocycles. The van der Waals surface area contributed by atoms with Gasteiger partial charge in [-0.15, -0.1) is 5.10 Å². The molecule has 0 aromatic carbocycles. The van der Waals surface area contributed by atoms with Crippen molar-refractivity contribution >= 4 is 11.7 Å². The average molecular weight is 239 g/mol. The van der Waals surface area contributed by atoms with Crippen molar-refractivity contribution in [3.05, 3.63) is 0 Å². The standard InChI is InChI=1S/C13H26N4/c14-13(15)17-16-12-10-8-6-4-2-1-3-5-7-9-11-12/h1-11H2,(H4,14,15,17)/p+1. The third-order valence-corrected chi connectivity index (χ3v) is 3.27. The lowest BCUT2D eigenvalue weighted by Gasteiger charge is -2.07. The minimum Gasteiger partial charge on any atom is -0.289 e. The lowest BCUT2D eigenvalue weighted by Crippen LogP contribution is -2.72. The van der Waals surface area contributed by atoms with Crippen molar-refractivity contribution in [2.75, 3.05) is 0 Å². The highest BCUT2D eigenvalue weighted by Gasteiger charge is 2.03. The molecule has 0 heterocycles. The van der Waals surface area contributed by atoms with E-state index in [1.54, 1.807) is 0 Å². The summed E-state index contributed by atoms with van der Waals surface area (Å²) in [5.41, 5.74) is 11.9. The topological polar surface area (TPSA) is 78.4 Å². The van der Waals surface area contributed by atoms with E-state index in [1.807, 2.05) is 0 Å². The Morgan fingerprint density at radius 3 is 1.59 bits per heavy atom. The first-order chi connectivity index (χ1) is 8.29. The van der Waals surface area contributed by atoms with Gasteiger partial charge in [0.15, 0.2) is 0 Å². The molecule has 0 saturated heterocycles. The molecular formula is C13H27N4+. The SMILES string of the molecule is NC(N)=[NH+]N=C1CCCCCCCCCCC1. The van der Waals surface area contributed by atoms with Crippen molar-refractivity contribution in [1.29, 1.82) is 0 Å². The molecule has 4 nitrogen and oxygen atoms in total. The molecule has 0 aliphatic heterocycles. The number of nitrogens with zero attached hydrogens (tertiary/aromatic N) is 1. The first-order valence-corrected chi connectivity index (χ1v) is 6.98. The van der Waals surface area contributed by atoms with Crippen LogP contribution in [0.15, 0.2) is 5.10 Å². The number of hydrazone groups is 1. The van der Waals surface area contributed by atoms with Crippen LogP contribution in [0.25, 0.3) is 0 Å². The van der Waals surface area contributed by atoms with Gasteiger partial charge < -0.3 is 0 Å². The van der Waals surface area contributed by atoms with Crippen molar-refractivity contribution in [2.45, 2.75) is 70.6 Å². The first-order valence-electron chi connectivity index (χ1n) is 6.98. The van der Waals surface area contributed by atoms with Crippen LogP contribution in [-0.4, -0.2) is 11.7 Å². The van der Waals surface area contributed by atoms with E-state index in [2.05, 4.69) is 10.2 Å². The van der Waals surface area contributed by atoms with Gasteiger partial charge >= 0.3 is 5.96 Å². The Balaban J connectivity index is 2.42. The predicted molar refractivity (Wildman–Crippen MR) is 72.6 cm³/mol. The van der Waals surface area contributed by atoms with E-state index in [9.17, 15) is 0 Å². The quantitative estimate of drug-likeness (QED) is 0.363. The van der Waals surface area contributed by atoms with Crippen molar-refractivity contribution in [1.82, 2.24) is 0 Å². The second-order valence-electron chi connectivity index (χ2n) is 4.93. The fourth-order valence-corrected chi connectivity index (χ4v) is 2.28. The lowest BCUT2D eigenvalue weighted by molar-refractivity contribution is -0.464. The van der Waals surface area contributed by atoms with E-state index in [4.69, 9.17) is 11.5 Å². The summed E-state index contributed by atoms with van der Waals surface area (Å²) >= 11 is 0. The normalized spacial score (nSPS) is 19.9. The Labute approximate surface area is 105 Å². The largest absolute Gasteiger partial charge is 0.362 e. The Morgan fingerprint density at radius 1 is 0.765 bits per heavy atom. The maximum absolute atomic E-state index is 5.36. The molecule has 17 heavy (non-hydrogen) atoms. The van der Waals surface area contributed by atoms with Gasteiger partial charge in [0, 0.05) is 0 Å². The lowest BCUT2D eigenvalue weighted by atomic mass is 10.00. The van der Waals surface area contributed by atoms with Crippen LogP contribution in [0.2, 0.25) is 0 Å². The van der Waals surface area contributed by atoms with Gasteiger partial charge in [0.05, 0.1) is 5.71 Å². The van der Waals surface area contributed by atoms with Gasteiger partial charge in [-0.1, -0.05) is 44.9 Å². The van der Waals surface area contributed by atoms with E-state index in [0.717, 1.165) is 12.8 Å². The molecule has 0 amide bonds. The van der Waals surface area contributed by atoms with Gasteiger partial charge in [0.2, 0.25) is 0 Å². The molecule has 0 aromatic heterocycles. The zero-order chi connectivity index (χ0) is 12.3. The molecule has 0 unspecified atom stereocenters. The fourth-order valence-electron chi connectivity index (χ4n) is 2.28. The summed E-state index contributed by atoms with van der Waals surface area (Å²) in [4.78, 5) is 0. The molecule has 5 N–H and O–H groups in total. The van der Waals surface area contributed by atoms with Crippen LogP contribution in [0.3, 0.4) is 0 Å². The second-order valence-corrected chi connectivity index (χ2v) is 4.93. The predicted octanol–water partition coefficient (Wildman–Crippen LogP) is 1.00. The molecule has 0 atom stereocenters. The molecular weight excluding hydrogens is 212 g/mol. The zero-order valence-electron chi connectivity index (χ0n) is 10.9. The van der Waals surface area contributed by atoms with Gasteiger partial charge in [-0.2, -0.15) is 5.10 Å². The van der Waals surface area contributed by atoms with Crippen molar-refractivity contribution < 1.29 is 5.10 Å². The third-order valence-electron chi connectivity index (χ3n) is 3.27. The molecule has 98 valence electrons. The molecule has 4 heteroatoms. The highest BCUT2D eigenvalue weighted by molar-refractivity contribution is 5.84. The molecule has 0 spiro atoms. The Hall–Kier alpha value is -1.06. The minimum absolute atomic E-state index is 0.184. The van der Waals surface area contributed by atoms with Gasteiger partial charge in [-0.3, -0.25) is 11.5 Å². The van der Waals surface area contributed by atoms with Crippen LogP contribution < -0.4 is 16.6 Å². The summed E-state index contributed by atoms with van der Waals surface area (Å²) < 4.78 is 0. The van der Waals surface area contributed by atoms with Crippen LogP contribution in [0.4, 0.5) is 0 Å². The van der Waals surface area contributed by atoms with Crippen molar-refractivity contribution in [3.8, 4) is 0 Å². The van der Waals surface area contributed by atoms with E-state index >= 15 is 0 Å². The molecule has 0 radical (unpaired) electrons. The monoisotopic (exact) mass is 239 g/mol. The Morgan fingerprint density at radius 2 is 1.18 bits per heavy atom. The summed E-state index contributed by atoms with van der Waals surface area (Å²) in [6, 6.07) is 0. The number of hydrogen-bond donors (Lipinski definition) is 3.